The van der Waals surface area contributed by atoms with E-state index in [1.54, 1.807) is 0 Å². The predicted molar refractivity (Wildman–Crippen MR) is 78.3 cm³/mol. The Labute approximate surface area is 114 Å². The van der Waals surface area contributed by atoms with Crippen LogP contribution in [0.4, 0.5) is 0 Å². The number of aryl methyl sites for hydroxylation is 1. The number of halogens is 1. The van der Waals surface area contributed by atoms with Crippen molar-refractivity contribution in [2.24, 2.45) is 0 Å². The van der Waals surface area contributed by atoms with Gasteiger partial charge in [-0.2, -0.15) is 0 Å². The highest BCUT2D eigenvalue weighted by molar-refractivity contribution is 9.10. The molecule has 0 saturated heterocycles. The second-order valence-corrected chi connectivity index (χ2v) is 5.52. The molecule has 1 aromatic rings. The van der Waals surface area contributed by atoms with Crippen LogP contribution in [0.25, 0.3) is 0 Å². The summed E-state index contributed by atoms with van der Waals surface area (Å²) in [5.74, 6) is 0. The molecule has 1 aromatic heterocycles. The molecule has 0 radical (unpaired) electrons. The third kappa shape index (κ3) is 7.54. The van der Waals surface area contributed by atoms with E-state index in [0.717, 1.165) is 4.60 Å². The standard InChI is InChI=1S/C15H24BrN/c1-2-3-4-5-6-7-8-9-10-14-11-12-17-15(16)13-14/h11-13H,2-10H2,1H3. The van der Waals surface area contributed by atoms with E-state index < -0.39 is 0 Å². The monoisotopic (exact) mass is 297 g/mol. The maximum Gasteiger partial charge on any atom is 0.106 e. The summed E-state index contributed by atoms with van der Waals surface area (Å²) in [4.78, 5) is 4.14. The van der Waals surface area contributed by atoms with Crippen molar-refractivity contribution in [2.75, 3.05) is 0 Å². The van der Waals surface area contributed by atoms with E-state index in [0.29, 0.717) is 0 Å². The van der Waals surface area contributed by atoms with E-state index >= 15 is 0 Å². The van der Waals surface area contributed by atoms with E-state index in [-0.39, 0.29) is 0 Å². The van der Waals surface area contributed by atoms with Gasteiger partial charge in [0.25, 0.3) is 0 Å². The van der Waals surface area contributed by atoms with Crippen molar-refractivity contribution < 1.29 is 0 Å². The summed E-state index contributed by atoms with van der Waals surface area (Å²) in [6.45, 7) is 2.27. The van der Waals surface area contributed by atoms with Crippen LogP contribution in [-0.4, -0.2) is 4.98 Å². The van der Waals surface area contributed by atoms with Crippen LogP contribution in [0.5, 0.6) is 0 Å². The molecule has 1 nitrogen and oxygen atoms in total. The summed E-state index contributed by atoms with van der Waals surface area (Å²) in [7, 11) is 0. The molecule has 0 bridgehead atoms. The van der Waals surface area contributed by atoms with Crippen molar-refractivity contribution in [3.8, 4) is 0 Å². The van der Waals surface area contributed by atoms with Crippen LogP contribution in [0.2, 0.25) is 0 Å². The van der Waals surface area contributed by atoms with Gasteiger partial charge in [0.2, 0.25) is 0 Å². The average molecular weight is 298 g/mol. The smallest absolute Gasteiger partial charge is 0.106 e. The zero-order valence-electron chi connectivity index (χ0n) is 10.9. The SMILES string of the molecule is CCCCCCCCCCc1ccnc(Br)c1. The highest BCUT2D eigenvalue weighted by Crippen LogP contribution is 2.13. The van der Waals surface area contributed by atoms with Gasteiger partial charge in [-0.15, -0.1) is 0 Å². The lowest BCUT2D eigenvalue weighted by Crippen LogP contribution is -1.87. The molecule has 0 atom stereocenters. The second kappa shape index (κ2) is 9.64. The Bertz CT molecular complexity index is 299. The lowest BCUT2D eigenvalue weighted by atomic mass is 10.0. The molecular formula is C15H24BrN. The molecule has 96 valence electrons. The quantitative estimate of drug-likeness (QED) is 0.431. The molecule has 0 aliphatic rings. The number of hydrogen-bond acceptors (Lipinski definition) is 1. The summed E-state index contributed by atoms with van der Waals surface area (Å²) in [6, 6.07) is 4.24. The van der Waals surface area contributed by atoms with Crippen molar-refractivity contribution in [1.29, 1.82) is 0 Å². The van der Waals surface area contributed by atoms with Crippen molar-refractivity contribution in [2.45, 2.75) is 64.7 Å². The second-order valence-electron chi connectivity index (χ2n) is 4.71. The fourth-order valence-electron chi connectivity index (χ4n) is 2.06. The van der Waals surface area contributed by atoms with E-state index in [4.69, 9.17) is 0 Å². The molecule has 1 rings (SSSR count). The molecule has 0 amide bonds. The van der Waals surface area contributed by atoms with Crippen LogP contribution in [0.1, 0.15) is 63.9 Å². The van der Waals surface area contributed by atoms with Crippen molar-refractivity contribution in [1.82, 2.24) is 4.98 Å². The van der Waals surface area contributed by atoms with Crippen LogP contribution in [0.15, 0.2) is 22.9 Å². The summed E-state index contributed by atoms with van der Waals surface area (Å²) in [5.41, 5.74) is 1.40. The van der Waals surface area contributed by atoms with E-state index in [2.05, 4.69) is 40.0 Å². The maximum atomic E-state index is 4.14. The minimum atomic E-state index is 0.953. The molecule has 0 aromatic carbocycles. The van der Waals surface area contributed by atoms with Crippen LogP contribution >= 0.6 is 15.9 Å². The minimum Gasteiger partial charge on any atom is -0.249 e. The molecule has 17 heavy (non-hydrogen) atoms. The van der Waals surface area contributed by atoms with Gasteiger partial charge < -0.3 is 0 Å². The largest absolute Gasteiger partial charge is 0.249 e. The molecule has 0 fully saturated rings. The number of nitrogens with zero attached hydrogens (tertiary/aromatic N) is 1. The topological polar surface area (TPSA) is 12.9 Å². The van der Waals surface area contributed by atoms with Gasteiger partial charge in [0.05, 0.1) is 0 Å². The molecule has 0 aliphatic heterocycles. The van der Waals surface area contributed by atoms with Crippen LogP contribution < -0.4 is 0 Å². The predicted octanol–water partition coefficient (Wildman–Crippen LogP) is 5.53. The normalized spacial score (nSPS) is 10.7. The number of hydrogen-bond donors (Lipinski definition) is 0. The maximum absolute atomic E-state index is 4.14. The Morgan fingerprint density at radius 1 is 1.00 bits per heavy atom. The Morgan fingerprint density at radius 2 is 1.65 bits per heavy atom. The van der Waals surface area contributed by atoms with Crippen molar-refractivity contribution in [3.63, 3.8) is 0 Å². The number of unbranched alkanes of at least 4 members (excludes halogenated alkanes) is 7. The van der Waals surface area contributed by atoms with Crippen LogP contribution in [0, 0.1) is 0 Å². The summed E-state index contributed by atoms with van der Waals surface area (Å²) in [5, 5.41) is 0. The summed E-state index contributed by atoms with van der Waals surface area (Å²) >= 11 is 3.41. The Morgan fingerprint density at radius 3 is 2.29 bits per heavy atom. The summed E-state index contributed by atoms with van der Waals surface area (Å²) < 4.78 is 0.953. The van der Waals surface area contributed by atoms with Crippen LogP contribution in [-0.2, 0) is 6.42 Å². The minimum absolute atomic E-state index is 0.953. The van der Waals surface area contributed by atoms with Gasteiger partial charge >= 0.3 is 0 Å². The first-order valence-corrected chi connectivity index (χ1v) is 7.72. The Balaban J connectivity index is 1.97. The highest BCUT2D eigenvalue weighted by Gasteiger charge is 1.96. The lowest BCUT2D eigenvalue weighted by molar-refractivity contribution is 0.575. The first-order valence-electron chi connectivity index (χ1n) is 6.93. The van der Waals surface area contributed by atoms with Gasteiger partial charge in [0.15, 0.2) is 0 Å². The fraction of sp³-hybridized carbons (Fsp3) is 0.667. The first-order chi connectivity index (χ1) is 8.33. The van der Waals surface area contributed by atoms with E-state index in [9.17, 15) is 0 Å². The fourth-order valence-corrected chi connectivity index (χ4v) is 2.47. The van der Waals surface area contributed by atoms with Gasteiger partial charge in [0, 0.05) is 6.20 Å². The molecule has 0 N–H and O–H groups in total. The van der Waals surface area contributed by atoms with Crippen LogP contribution in [0.3, 0.4) is 0 Å². The zero-order valence-corrected chi connectivity index (χ0v) is 12.5. The first kappa shape index (κ1) is 14.7. The van der Waals surface area contributed by atoms with Gasteiger partial charge in [-0.25, -0.2) is 4.98 Å². The zero-order chi connectivity index (χ0) is 12.3. The summed E-state index contributed by atoms with van der Waals surface area (Å²) in [6.07, 6.45) is 14.2. The Kier molecular flexibility index (Phi) is 8.33. The lowest BCUT2D eigenvalue weighted by Gasteiger charge is -2.02. The third-order valence-electron chi connectivity index (χ3n) is 3.11. The van der Waals surface area contributed by atoms with Crippen molar-refractivity contribution >= 4 is 15.9 Å². The third-order valence-corrected chi connectivity index (χ3v) is 3.54. The molecule has 2 heteroatoms. The van der Waals surface area contributed by atoms with E-state index in [1.807, 2.05) is 6.20 Å². The highest BCUT2D eigenvalue weighted by atomic mass is 79.9. The van der Waals surface area contributed by atoms with Gasteiger partial charge in [-0.05, 0) is 46.5 Å². The van der Waals surface area contributed by atoms with Gasteiger partial charge in [0.1, 0.15) is 4.60 Å². The molecule has 0 spiro atoms. The molecule has 1 heterocycles. The van der Waals surface area contributed by atoms with E-state index in [1.165, 1.54) is 63.4 Å². The number of pyridine rings is 1. The van der Waals surface area contributed by atoms with Crippen molar-refractivity contribution in [3.05, 3.63) is 28.5 Å². The Hall–Kier alpha value is -0.370. The number of rotatable bonds is 9. The van der Waals surface area contributed by atoms with Gasteiger partial charge in [-0.3, -0.25) is 0 Å². The average Bonchev–Trinajstić information content (AvgIpc) is 2.33. The van der Waals surface area contributed by atoms with Gasteiger partial charge in [-0.1, -0.05) is 51.9 Å². The molecule has 0 aliphatic carbocycles. The molecule has 0 unspecified atom stereocenters. The molecular weight excluding hydrogens is 274 g/mol. The number of aromatic nitrogens is 1. The molecule has 0 saturated carbocycles.